The zero-order valence-electron chi connectivity index (χ0n) is 14.8. The van der Waals surface area contributed by atoms with Gasteiger partial charge in [0.15, 0.2) is 15.5 Å². The maximum atomic E-state index is 13.9. The molecule has 0 atom stereocenters. The molecule has 5 nitrogen and oxygen atoms in total. The summed E-state index contributed by atoms with van der Waals surface area (Å²) in [4.78, 5) is 3.91. The van der Waals surface area contributed by atoms with Crippen molar-refractivity contribution in [2.75, 3.05) is 6.26 Å². The smallest absolute Gasteiger partial charge is 0.265 e. The molecule has 0 amide bonds. The summed E-state index contributed by atoms with van der Waals surface area (Å²) in [6, 6.07) is 8.40. The van der Waals surface area contributed by atoms with E-state index in [4.69, 9.17) is 0 Å². The third-order valence-electron chi connectivity index (χ3n) is 4.05. The highest BCUT2D eigenvalue weighted by atomic mass is 32.2. The molecule has 0 N–H and O–H groups in total. The third kappa shape index (κ3) is 3.84. The van der Waals surface area contributed by atoms with Crippen LogP contribution in [0.3, 0.4) is 0 Å². The van der Waals surface area contributed by atoms with Crippen molar-refractivity contribution in [3.63, 3.8) is 0 Å². The Labute approximate surface area is 160 Å². The van der Waals surface area contributed by atoms with E-state index in [1.54, 1.807) is 12.1 Å². The SMILES string of the molecule is C=CCn1nc(-c2ccncc2)c(-c2ccc(S(C)(=O)=O)cc2)c1C(F)(F)F. The molecule has 0 bridgehead atoms. The van der Waals surface area contributed by atoms with Gasteiger partial charge in [-0.15, -0.1) is 6.58 Å². The van der Waals surface area contributed by atoms with Crippen molar-refractivity contribution in [3.05, 3.63) is 67.1 Å². The van der Waals surface area contributed by atoms with Crippen LogP contribution in [0.4, 0.5) is 13.2 Å². The number of rotatable bonds is 5. The maximum Gasteiger partial charge on any atom is 0.433 e. The highest BCUT2D eigenvalue weighted by molar-refractivity contribution is 7.90. The lowest BCUT2D eigenvalue weighted by molar-refractivity contribution is -0.143. The first-order chi connectivity index (χ1) is 13.1. The molecule has 0 aliphatic carbocycles. The van der Waals surface area contributed by atoms with Gasteiger partial charge in [0.2, 0.25) is 0 Å². The van der Waals surface area contributed by atoms with Crippen LogP contribution < -0.4 is 0 Å². The Hall–Kier alpha value is -2.94. The van der Waals surface area contributed by atoms with Crippen LogP contribution in [0.5, 0.6) is 0 Å². The molecule has 2 aromatic heterocycles. The number of nitrogens with zero attached hydrogens (tertiary/aromatic N) is 3. The quantitative estimate of drug-likeness (QED) is 0.594. The van der Waals surface area contributed by atoms with Crippen molar-refractivity contribution in [2.24, 2.45) is 0 Å². The predicted octanol–water partition coefficient (Wildman–Crippen LogP) is 4.22. The standard InChI is InChI=1S/C19H16F3N3O2S/c1-3-12-25-18(19(20,21)22)16(17(24-25)14-8-10-23-11-9-14)13-4-6-15(7-5-13)28(2,26)27/h3-11H,1,12H2,2H3. The lowest BCUT2D eigenvalue weighted by atomic mass is 9.99. The fourth-order valence-corrected chi connectivity index (χ4v) is 3.49. The van der Waals surface area contributed by atoms with Crippen molar-refractivity contribution in [2.45, 2.75) is 17.6 Å². The lowest BCUT2D eigenvalue weighted by Crippen LogP contribution is -2.15. The average Bonchev–Trinajstić information content (AvgIpc) is 3.02. The van der Waals surface area contributed by atoms with Crippen LogP contribution in [0.25, 0.3) is 22.4 Å². The van der Waals surface area contributed by atoms with Gasteiger partial charge in [-0.1, -0.05) is 18.2 Å². The summed E-state index contributed by atoms with van der Waals surface area (Å²) in [5, 5.41) is 4.16. The van der Waals surface area contributed by atoms with Gasteiger partial charge in [0.05, 0.1) is 11.4 Å². The van der Waals surface area contributed by atoms with E-state index in [1.807, 2.05) is 0 Å². The van der Waals surface area contributed by atoms with Crippen molar-refractivity contribution >= 4 is 9.84 Å². The Kier molecular flexibility index (Phi) is 5.12. The second-order valence-electron chi connectivity index (χ2n) is 6.07. The van der Waals surface area contributed by atoms with Gasteiger partial charge in [-0.25, -0.2) is 8.42 Å². The summed E-state index contributed by atoms with van der Waals surface area (Å²) in [5.74, 6) is 0. The molecule has 9 heteroatoms. The number of hydrogen-bond donors (Lipinski definition) is 0. The van der Waals surface area contributed by atoms with Crippen LogP contribution in [0.15, 0.2) is 66.3 Å². The van der Waals surface area contributed by atoms with Crippen LogP contribution in [-0.2, 0) is 22.6 Å². The van der Waals surface area contributed by atoms with Crippen LogP contribution >= 0.6 is 0 Å². The Morgan fingerprint density at radius 1 is 1.07 bits per heavy atom. The van der Waals surface area contributed by atoms with Crippen LogP contribution in [0, 0.1) is 0 Å². The van der Waals surface area contributed by atoms with E-state index < -0.39 is 21.7 Å². The molecule has 1 aromatic carbocycles. The Balaban J connectivity index is 2.32. The molecule has 0 fully saturated rings. The second kappa shape index (κ2) is 7.23. The van der Waals surface area contributed by atoms with Crippen LogP contribution in [0.2, 0.25) is 0 Å². The summed E-state index contributed by atoms with van der Waals surface area (Å²) in [5.41, 5.74) is -0.247. The van der Waals surface area contributed by atoms with Crippen LogP contribution in [-0.4, -0.2) is 29.4 Å². The molecular weight excluding hydrogens is 391 g/mol. The van der Waals surface area contributed by atoms with E-state index in [1.165, 1.54) is 42.7 Å². The number of aromatic nitrogens is 3. The number of sulfone groups is 1. The van der Waals surface area contributed by atoms with E-state index in [0.29, 0.717) is 5.56 Å². The number of allylic oxidation sites excluding steroid dienone is 1. The first-order valence-corrected chi connectivity index (χ1v) is 10.0. The summed E-state index contributed by atoms with van der Waals surface area (Å²) in [6.45, 7) is 3.37. The number of pyridine rings is 1. The monoisotopic (exact) mass is 407 g/mol. The number of halogens is 3. The normalized spacial score (nSPS) is 12.1. The molecule has 2 heterocycles. The Bertz CT molecular complexity index is 1100. The minimum absolute atomic E-state index is 0.0220. The zero-order chi connectivity index (χ0) is 20.5. The van der Waals surface area contributed by atoms with Gasteiger partial charge in [0.25, 0.3) is 0 Å². The molecule has 3 rings (SSSR count). The molecule has 0 saturated heterocycles. The first kappa shape index (κ1) is 19.8. The van der Waals surface area contributed by atoms with E-state index in [0.717, 1.165) is 10.9 Å². The largest absolute Gasteiger partial charge is 0.433 e. The Morgan fingerprint density at radius 2 is 1.68 bits per heavy atom. The van der Waals surface area contributed by atoms with E-state index in [2.05, 4.69) is 16.7 Å². The molecule has 0 unspecified atom stereocenters. The van der Waals surface area contributed by atoms with Gasteiger partial charge in [-0.05, 0) is 29.8 Å². The van der Waals surface area contributed by atoms with Crippen LogP contribution in [0.1, 0.15) is 5.69 Å². The highest BCUT2D eigenvalue weighted by Crippen LogP contribution is 2.42. The van der Waals surface area contributed by atoms with Crippen molar-refractivity contribution in [1.29, 1.82) is 0 Å². The number of hydrogen-bond acceptors (Lipinski definition) is 4. The van der Waals surface area contributed by atoms with Gasteiger partial charge in [0.1, 0.15) is 5.69 Å². The average molecular weight is 407 g/mol. The van der Waals surface area contributed by atoms with E-state index >= 15 is 0 Å². The fraction of sp³-hybridized carbons (Fsp3) is 0.158. The summed E-state index contributed by atoms with van der Waals surface area (Å²) >= 11 is 0. The van der Waals surface area contributed by atoms with Gasteiger partial charge < -0.3 is 0 Å². The number of benzene rings is 1. The topological polar surface area (TPSA) is 64.8 Å². The Morgan fingerprint density at radius 3 is 2.18 bits per heavy atom. The second-order valence-corrected chi connectivity index (χ2v) is 8.09. The molecule has 0 spiro atoms. The molecule has 0 radical (unpaired) electrons. The molecule has 28 heavy (non-hydrogen) atoms. The molecule has 0 aliphatic heterocycles. The van der Waals surface area contributed by atoms with Crippen molar-refractivity contribution < 1.29 is 21.6 Å². The van der Waals surface area contributed by atoms with Gasteiger partial charge >= 0.3 is 6.18 Å². The minimum Gasteiger partial charge on any atom is -0.265 e. The molecule has 0 saturated carbocycles. The van der Waals surface area contributed by atoms with E-state index in [9.17, 15) is 21.6 Å². The van der Waals surface area contributed by atoms with Gasteiger partial charge in [-0.2, -0.15) is 18.3 Å². The van der Waals surface area contributed by atoms with Gasteiger partial charge in [-0.3, -0.25) is 9.67 Å². The minimum atomic E-state index is -4.67. The van der Waals surface area contributed by atoms with E-state index in [-0.39, 0.29) is 28.3 Å². The van der Waals surface area contributed by atoms with Crippen molar-refractivity contribution in [3.8, 4) is 22.4 Å². The third-order valence-corrected chi connectivity index (χ3v) is 5.18. The van der Waals surface area contributed by atoms with Gasteiger partial charge in [0, 0.05) is 29.8 Å². The highest BCUT2D eigenvalue weighted by Gasteiger charge is 2.40. The lowest BCUT2D eigenvalue weighted by Gasteiger charge is -2.12. The fourth-order valence-electron chi connectivity index (χ4n) is 2.86. The molecule has 3 aromatic rings. The molecule has 0 aliphatic rings. The van der Waals surface area contributed by atoms with Crippen molar-refractivity contribution in [1.82, 2.24) is 14.8 Å². The molecular formula is C19H16F3N3O2S. The molecule has 146 valence electrons. The summed E-state index contributed by atoms with van der Waals surface area (Å²) in [6.07, 6.45) is 0.617. The summed E-state index contributed by atoms with van der Waals surface area (Å²) < 4.78 is 65.9. The number of alkyl halides is 3. The predicted molar refractivity (Wildman–Crippen MR) is 99.2 cm³/mol. The zero-order valence-corrected chi connectivity index (χ0v) is 15.6. The summed E-state index contributed by atoms with van der Waals surface area (Å²) in [7, 11) is -3.47. The first-order valence-electron chi connectivity index (χ1n) is 8.12. The maximum absolute atomic E-state index is 13.9.